The number of primary amides is 1. The lowest BCUT2D eigenvalue weighted by molar-refractivity contribution is -0.119. The number of amides is 2. The normalized spacial score (nSPS) is 23.1. The lowest BCUT2D eigenvalue weighted by atomic mass is 9.98. The molecule has 1 saturated carbocycles. The van der Waals surface area contributed by atoms with Crippen molar-refractivity contribution in [1.29, 1.82) is 0 Å². The van der Waals surface area contributed by atoms with Crippen molar-refractivity contribution in [3.05, 3.63) is 40.5 Å². The maximum Gasteiger partial charge on any atom is 0.254 e. The van der Waals surface area contributed by atoms with E-state index in [2.05, 4.69) is 15.3 Å². The smallest absolute Gasteiger partial charge is 0.254 e. The molecule has 2 unspecified atom stereocenters. The molecule has 1 aliphatic carbocycles. The Balaban J connectivity index is 1.37. The number of benzene rings is 1. The Bertz CT molecular complexity index is 1070. The number of aromatic nitrogens is 2. The number of rotatable bonds is 6. The molecule has 33 heavy (non-hydrogen) atoms. The molecule has 0 bridgehead atoms. The van der Waals surface area contributed by atoms with Crippen LogP contribution in [0.15, 0.2) is 24.4 Å². The van der Waals surface area contributed by atoms with Crippen LogP contribution in [-0.2, 0) is 16.1 Å². The predicted octanol–water partition coefficient (Wildman–Crippen LogP) is 3.39. The first-order chi connectivity index (χ1) is 16.0. The molecule has 2 aliphatic heterocycles. The van der Waals surface area contributed by atoms with E-state index in [9.17, 15) is 9.59 Å². The molecular formula is C24H28ClN5O3. The molecule has 2 fully saturated rings. The molecule has 5 rings (SSSR count). The van der Waals surface area contributed by atoms with Gasteiger partial charge >= 0.3 is 0 Å². The third-order valence-electron chi connectivity index (χ3n) is 7.00. The lowest BCUT2D eigenvalue weighted by Crippen LogP contribution is -2.39. The zero-order chi connectivity index (χ0) is 22.9. The van der Waals surface area contributed by atoms with Crippen molar-refractivity contribution in [2.45, 2.75) is 57.2 Å². The van der Waals surface area contributed by atoms with Crippen LogP contribution in [0.3, 0.4) is 0 Å². The van der Waals surface area contributed by atoms with Gasteiger partial charge in [0.2, 0.25) is 11.9 Å². The van der Waals surface area contributed by atoms with Crippen LogP contribution < -0.4 is 11.1 Å². The van der Waals surface area contributed by atoms with E-state index < -0.39 is 0 Å². The maximum absolute atomic E-state index is 13.3. The van der Waals surface area contributed by atoms with Crippen LogP contribution in [0.4, 0.5) is 5.95 Å². The minimum atomic E-state index is -0.304. The molecular weight excluding hydrogens is 442 g/mol. The van der Waals surface area contributed by atoms with Crippen molar-refractivity contribution >= 4 is 29.4 Å². The van der Waals surface area contributed by atoms with Crippen molar-refractivity contribution in [3.8, 4) is 11.3 Å². The van der Waals surface area contributed by atoms with Crippen LogP contribution in [0.2, 0.25) is 5.02 Å². The van der Waals surface area contributed by atoms with Gasteiger partial charge in [0.15, 0.2) is 0 Å². The summed E-state index contributed by atoms with van der Waals surface area (Å²) in [5.74, 6) is 0.353. The minimum Gasteiger partial charge on any atom is -0.381 e. The fourth-order valence-electron chi connectivity index (χ4n) is 5.33. The number of fused-ring (bicyclic) bond motifs is 1. The molecule has 1 aromatic carbocycles. The van der Waals surface area contributed by atoms with Crippen LogP contribution in [0.1, 0.15) is 54.4 Å². The molecule has 0 radical (unpaired) electrons. The van der Waals surface area contributed by atoms with E-state index in [0.29, 0.717) is 35.2 Å². The van der Waals surface area contributed by atoms with Crippen molar-refractivity contribution < 1.29 is 14.3 Å². The van der Waals surface area contributed by atoms with Crippen molar-refractivity contribution in [1.82, 2.24) is 14.9 Å². The Kier molecular flexibility index (Phi) is 6.21. The van der Waals surface area contributed by atoms with Gasteiger partial charge in [-0.25, -0.2) is 9.97 Å². The van der Waals surface area contributed by atoms with E-state index in [0.717, 1.165) is 56.4 Å². The highest BCUT2D eigenvalue weighted by atomic mass is 35.5. The highest BCUT2D eigenvalue weighted by Crippen LogP contribution is 2.38. The number of carbonyl (C=O) groups excluding carboxylic acids is 2. The summed E-state index contributed by atoms with van der Waals surface area (Å²) in [6, 6.07) is 6.13. The van der Waals surface area contributed by atoms with Crippen LogP contribution in [0.25, 0.3) is 11.3 Å². The standard InChI is InChI=1S/C24H28ClN5O3/c25-19-12-27-24(28-17-6-8-33-9-7-17)29-22(19)15-4-5-16-13-30(23(32)18(16)10-15)20-3-1-2-14(20)11-21(26)31/h4-5,10,12,14,17,20H,1-3,6-9,11,13H2,(H2,26,31)(H,27,28,29). The monoisotopic (exact) mass is 469 g/mol. The summed E-state index contributed by atoms with van der Waals surface area (Å²) in [6.45, 7) is 2.01. The fourth-order valence-corrected chi connectivity index (χ4v) is 5.53. The van der Waals surface area contributed by atoms with E-state index >= 15 is 0 Å². The number of halogens is 1. The molecule has 3 heterocycles. The first-order valence-corrected chi connectivity index (χ1v) is 12.0. The highest BCUT2D eigenvalue weighted by molar-refractivity contribution is 6.33. The van der Waals surface area contributed by atoms with E-state index in [-0.39, 0.29) is 29.8 Å². The average Bonchev–Trinajstić information content (AvgIpc) is 3.39. The van der Waals surface area contributed by atoms with Gasteiger partial charge < -0.3 is 20.7 Å². The Morgan fingerprint density at radius 2 is 2.06 bits per heavy atom. The van der Waals surface area contributed by atoms with Crippen LogP contribution >= 0.6 is 11.6 Å². The third kappa shape index (κ3) is 4.54. The third-order valence-corrected chi connectivity index (χ3v) is 7.27. The number of nitrogens with one attached hydrogen (secondary N) is 1. The molecule has 2 amide bonds. The quantitative estimate of drug-likeness (QED) is 0.671. The van der Waals surface area contributed by atoms with Crippen LogP contribution in [0.5, 0.6) is 0 Å². The summed E-state index contributed by atoms with van der Waals surface area (Å²) in [5, 5.41) is 3.81. The Morgan fingerprint density at radius 1 is 1.24 bits per heavy atom. The summed E-state index contributed by atoms with van der Waals surface area (Å²) < 4.78 is 5.41. The van der Waals surface area contributed by atoms with Crippen molar-refractivity contribution in [2.24, 2.45) is 11.7 Å². The largest absolute Gasteiger partial charge is 0.381 e. The van der Waals surface area contributed by atoms with E-state index in [4.69, 9.17) is 22.1 Å². The molecule has 1 saturated heterocycles. The molecule has 0 spiro atoms. The molecule has 3 N–H and O–H groups in total. The number of nitrogens with two attached hydrogens (primary N) is 1. The predicted molar refractivity (Wildman–Crippen MR) is 125 cm³/mol. The number of hydrogen-bond acceptors (Lipinski definition) is 6. The lowest BCUT2D eigenvalue weighted by Gasteiger charge is -2.29. The van der Waals surface area contributed by atoms with Crippen LogP contribution in [-0.4, -0.2) is 52.0 Å². The summed E-state index contributed by atoms with van der Waals surface area (Å²) in [7, 11) is 0. The van der Waals surface area contributed by atoms with Gasteiger partial charge in [-0.2, -0.15) is 0 Å². The molecule has 9 heteroatoms. The number of carbonyl (C=O) groups is 2. The first kappa shape index (κ1) is 22.1. The number of hydrogen-bond donors (Lipinski definition) is 2. The maximum atomic E-state index is 13.3. The number of ether oxygens (including phenoxy) is 1. The van der Waals surface area contributed by atoms with E-state index in [1.165, 1.54) is 0 Å². The molecule has 174 valence electrons. The Labute approximate surface area is 197 Å². The first-order valence-electron chi connectivity index (χ1n) is 11.6. The van der Waals surface area contributed by atoms with Gasteiger partial charge in [0, 0.05) is 49.4 Å². The second-order valence-electron chi connectivity index (χ2n) is 9.15. The summed E-state index contributed by atoms with van der Waals surface area (Å²) in [4.78, 5) is 35.7. The zero-order valence-electron chi connectivity index (χ0n) is 18.4. The van der Waals surface area contributed by atoms with Crippen molar-refractivity contribution in [2.75, 3.05) is 18.5 Å². The number of nitrogens with zero attached hydrogens (tertiary/aromatic N) is 3. The van der Waals surface area contributed by atoms with E-state index in [1.54, 1.807) is 6.20 Å². The van der Waals surface area contributed by atoms with Gasteiger partial charge in [-0.3, -0.25) is 9.59 Å². The zero-order valence-corrected chi connectivity index (χ0v) is 19.2. The number of anilines is 1. The van der Waals surface area contributed by atoms with Gasteiger partial charge in [0.1, 0.15) is 0 Å². The molecule has 3 aliphatic rings. The van der Waals surface area contributed by atoms with Gasteiger partial charge in [-0.05, 0) is 43.2 Å². The van der Waals surface area contributed by atoms with Crippen molar-refractivity contribution in [3.63, 3.8) is 0 Å². The van der Waals surface area contributed by atoms with Gasteiger partial charge in [-0.1, -0.05) is 30.2 Å². The van der Waals surface area contributed by atoms with Gasteiger partial charge in [0.25, 0.3) is 5.91 Å². The summed E-state index contributed by atoms with van der Waals surface area (Å²) in [6.07, 6.45) is 6.58. The summed E-state index contributed by atoms with van der Waals surface area (Å²) in [5.41, 5.74) is 8.48. The fraction of sp³-hybridized carbons (Fsp3) is 0.500. The van der Waals surface area contributed by atoms with Gasteiger partial charge in [0.05, 0.1) is 16.9 Å². The second-order valence-corrected chi connectivity index (χ2v) is 9.56. The topological polar surface area (TPSA) is 110 Å². The van der Waals surface area contributed by atoms with E-state index in [1.807, 2.05) is 23.1 Å². The average molecular weight is 470 g/mol. The summed E-state index contributed by atoms with van der Waals surface area (Å²) >= 11 is 6.45. The Hall–Kier alpha value is -2.71. The molecule has 8 nitrogen and oxygen atoms in total. The molecule has 2 aromatic rings. The second kappa shape index (κ2) is 9.27. The molecule has 2 atom stereocenters. The highest BCUT2D eigenvalue weighted by Gasteiger charge is 2.39. The Morgan fingerprint density at radius 3 is 2.85 bits per heavy atom. The minimum absolute atomic E-state index is 0.000969. The van der Waals surface area contributed by atoms with Gasteiger partial charge in [-0.15, -0.1) is 0 Å². The SMILES string of the molecule is NC(=O)CC1CCCC1N1Cc2ccc(-c3nc(NC4CCOCC4)ncc3Cl)cc2C1=O. The molecule has 1 aromatic heterocycles. The van der Waals surface area contributed by atoms with Crippen LogP contribution in [0, 0.1) is 5.92 Å².